The Kier molecular flexibility index (Phi) is 12.3. The molecule has 43 heavy (non-hydrogen) atoms. The standard InChI is InChI=1S/C29H47Cl2N5O7/c1-14(2)43-26(41)21(29(6,7)8)35-27(42)34-20(28(3,4)5)25(40)36-12-11-16(22(30)31)18(36)24(39)33-17(13-15-9-10-15)19(37)23(32)38/h14-18,20-22H,9-13H2,1-8H3,(H2,32,38)(H,33,39)(H2,34,35,42)/t16-,17?,18-,20+,21+/m0/s1. The maximum atomic E-state index is 14.1. The van der Waals surface area contributed by atoms with Crippen LogP contribution in [0.15, 0.2) is 0 Å². The number of nitrogens with two attached hydrogens (primary N) is 1. The molecule has 1 saturated heterocycles. The average molecular weight is 649 g/mol. The minimum Gasteiger partial charge on any atom is -0.461 e. The number of hydrogen-bond donors (Lipinski definition) is 4. The third kappa shape index (κ3) is 10.2. The molecule has 0 aromatic heterocycles. The van der Waals surface area contributed by atoms with Crippen molar-refractivity contribution in [3.05, 3.63) is 0 Å². The van der Waals surface area contributed by atoms with Crippen LogP contribution in [0.3, 0.4) is 0 Å². The number of primary amides is 1. The molecule has 244 valence electrons. The molecule has 0 spiro atoms. The number of hydrogen-bond acceptors (Lipinski definition) is 7. The van der Waals surface area contributed by atoms with E-state index in [1.807, 2.05) is 0 Å². The van der Waals surface area contributed by atoms with Crippen LogP contribution < -0.4 is 21.7 Å². The van der Waals surface area contributed by atoms with Crippen molar-refractivity contribution in [2.45, 2.75) is 116 Å². The lowest BCUT2D eigenvalue weighted by atomic mass is 9.85. The highest BCUT2D eigenvalue weighted by Gasteiger charge is 2.49. The molecular weight excluding hydrogens is 601 g/mol. The van der Waals surface area contributed by atoms with Crippen LogP contribution in [0.1, 0.15) is 81.1 Å². The van der Waals surface area contributed by atoms with Gasteiger partial charge in [0.25, 0.3) is 5.91 Å². The number of nitrogens with zero attached hydrogens (tertiary/aromatic N) is 1. The Bertz CT molecular complexity index is 1080. The first kappa shape index (κ1) is 36.6. The topological polar surface area (TPSA) is 177 Å². The number of likely N-dealkylation sites (tertiary alicyclic amines) is 1. The van der Waals surface area contributed by atoms with Gasteiger partial charge in [-0.1, -0.05) is 54.4 Å². The number of amides is 5. The summed E-state index contributed by atoms with van der Waals surface area (Å²) in [6, 6.07) is -5.23. The van der Waals surface area contributed by atoms with Crippen molar-refractivity contribution in [2.24, 2.45) is 28.4 Å². The molecule has 5 amide bonds. The molecule has 12 nitrogen and oxygen atoms in total. The molecule has 1 aliphatic carbocycles. The Morgan fingerprint density at radius 3 is 1.86 bits per heavy atom. The van der Waals surface area contributed by atoms with E-state index in [0.29, 0.717) is 0 Å². The summed E-state index contributed by atoms with van der Waals surface area (Å²) in [5.74, 6) is -4.46. The third-order valence-corrected chi connectivity index (χ3v) is 8.23. The van der Waals surface area contributed by atoms with Gasteiger partial charge in [0, 0.05) is 12.5 Å². The Labute approximate surface area is 263 Å². The highest BCUT2D eigenvalue weighted by atomic mass is 35.5. The molecule has 2 aliphatic rings. The summed E-state index contributed by atoms with van der Waals surface area (Å²) < 4.78 is 5.33. The maximum absolute atomic E-state index is 14.1. The van der Waals surface area contributed by atoms with Crippen LogP contribution in [0.5, 0.6) is 0 Å². The number of carbonyl (C=O) groups is 6. The van der Waals surface area contributed by atoms with Crippen LogP contribution >= 0.6 is 23.2 Å². The second-order valence-corrected chi connectivity index (χ2v) is 15.1. The highest BCUT2D eigenvalue weighted by Crippen LogP contribution is 2.36. The van der Waals surface area contributed by atoms with E-state index in [1.54, 1.807) is 55.4 Å². The van der Waals surface area contributed by atoms with Crippen molar-refractivity contribution >= 4 is 58.7 Å². The fourth-order valence-corrected chi connectivity index (χ4v) is 5.59. The van der Waals surface area contributed by atoms with Gasteiger partial charge in [-0.3, -0.25) is 19.2 Å². The van der Waals surface area contributed by atoms with Crippen LogP contribution in [0.25, 0.3) is 0 Å². The monoisotopic (exact) mass is 647 g/mol. The van der Waals surface area contributed by atoms with Gasteiger partial charge in [-0.25, -0.2) is 9.59 Å². The predicted octanol–water partition coefficient (Wildman–Crippen LogP) is 2.43. The van der Waals surface area contributed by atoms with E-state index in [9.17, 15) is 28.8 Å². The number of urea groups is 1. The molecule has 0 aromatic carbocycles. The lowest BCUT2D eigenvalue weighted by molar-refractivity contribution is -0.152. The van der Waals surface area contributed by atoms with Gasteiger partial charge in [0.15, 0.2) is 0 Å². The molecule has 0 radical (unpaired) electrons. The number of ether oxygens (including phenoxy) is 1. The Hall–Kier alpha value is -2.60. The van der Waals surface area contributed by atoms with Crippen LogP contribution in [0.2, 0.25) is 0 Å². The quantitative estimate of drug-likeness (QED) is 0.143. The molecule has 5 N–H and O–H groups in total. The molecule has 2 rings (SSSR count). The van der Waals surface area contributed by atoms with Gasteiger partial charge in [0.1, 0.15) is 23.0 Å². The Balaban J connectivity index is 2.33. The number of ketones is 1. The van der Waals surface area contributed by atoms with Crippen LogP contribution in [-0.2, 0) is 28.7 Å². The molecule has 14 heteroatoms. The SMILES string of the molecule is CC(C)OC(=O)[C@@H](NC(=O)N[C@H](C(=O)N1CC[C@H](C(Cl)Cl)[C@H]1C(=O)NC(CC1CC1)C(=O)C(N)=O)C(C)(C)C)C(C)(C)C. The van der Waals surface area contributed by atoms with Gasteiger partial charge >= 0.3 is 12.0 Å². The van der Waals surface area contributed by atoms with E-state index >= 15 is 0 Å². The Morgan fingerprint density at radius 2 is 1.42 bits per heavy atom. The van der Waals surface area contributed by atoms with E-state index in [-0.39, 0.29) is 25.3 Å². The Morgan fingerprint density at radius 1 is 0.884 bits per heavy atom. The fraction of sp³-hybridized carbons (Fsp3) is 0.793. The second-order valence-electron chi connectivity index (χ2n) is 13.9. The van der Waals surface area contributed by atoms with E-state index in [1.165, 1.54) is 4.90 Å². The molecule has 1 heterocycles. The third-order valence-electron chi connectivity index (χ3n) is 7.58. The zero-order chi connectivity index (χ0) is 33.0. The summed E-state index contributed by atoms with van der Waals surface area (Å²) in [6.45, 7) is 14.1. The largest absolute Gasteiger partial charge is 0.461 e. The van der Waals surface area contributed by atoms with Gasteiger partial charge in [0.2, 0.25) is 17.6 Å². The van der Waals surface area contributed by atoms with Gasteiger partial charge in [-0.2, -0.15) is 0 Å². The first-order valence-electron chi connectivity index (χ1n) is 14.6. The number of Topliss-reactive ketones (excluding diaryl/α,β-unsaturated/α-hetero) is 1. The first-order valence-corrected chi connectivity index (χ1v) is 15.5. The lowest BCUT2D eigenvalue weighted by Gasteiger charge is -2.37. The van der Waals surface area contributed by atoms with Crippen molar-refractivity contribution in [3.63, 3.8) is 0 Å². The van der Waals surface area contributed by atoms with E-state index in [4.69, 9.17) is 33.7 Å². The summed E-state index contributed by atoms with van der Waals surface area (Å²) >= 11 is 12.5. The lowest BCUT2D eigenvalue weighted by Crippen LogP contribution is -2.62. The molecule has 5 atom stereocenters. The van der Waals surface area contributed by atoms with E-state index < -0.39 is 87.4 Å². The first-order chi connectivity index (χ1) is 19.6. The van der Waals surface area contributed by atoms with Gasteiger partial charge < -0.3 is 31.3 Å². The fourth-order valence-electron chi connectivity index (χ4n) is 5.06. The van der Waals surface area contributed by atoms with Gasteiger partial charge in [0.05, 0.1) is 12.1 Å². The number of carbonyl (C=O) groups excluding carboxylic acids is 6. The van der Waals surface area contributed by atoms with E-state index in [0.717, 1.165) is 12.8 Å². The molecule has 1 aliphatic heterocycles. The van der Waals surface area contributed by atoms with Crippen molar-refractivity contribution < 1.29 is 33.5 Å². The zero-order valence-corrected chi connectivity index (χ0v) is 27.8. The van der Waals surface area contributed by atoms with Gasteiger partial charge in [-0.05, 0) is 43.4 Å². The predicted molar refractivity (Wildman–Crippen MR) is 162 cm³/mol. The molecule has 0 aromatic rings. The number of esters is 1. The normalized spacial score (nSPS) is 21.2. The minimum atomic E-state index is -1.17. The molecule has 1 unspecified atom stereocenters. The van der Waals surface area contributed by atoms with E-state index in [2.05, 4.69) is 16.0 Å². The summed E-state index contributed by atoms with van der Waals surface area (Å²) in [5, 5.41) is 7.96. The minimum absolute atomic E-state index is 0.107. The van der Waals surface area contributed by atoms with Crippen LogP contribution in [-0.4, -0.2) is 82.1 Å². The average Bonchev–Trinajstić information content (AvgIpc) is 3.55. The number of halogens is 2. The summed E-state index contributed by atoms with van der Waals surface area (Å²) in [6.07, 6.45) is 1.88. The van der Waals surface area contributed by atoms with Crippen molar-refractivity contribution in [1.29, 1.82) is 0 Å². The molecular formula is C29H47Cl2N5O7. The smallest absolute Gasteiger partial charge is 0.329 e. The zero-order valence-electron chi connectivity index (χ0n) is 26.3. The maximum Gasteiger partial charge on any atom is 0.329 e. The second kappa shape index (κ2) is 14.5. The van der Waals surface area contributed by atoms with Crippen molar-refractivity contribution in [1.82, 2.24) is 20.9 Å². The molecule has 0 bridgehead atoms. The number of nitrogens with one attached hydrogen (secondary N) is 3. The number of alkyl halides is 2. The summed E-state index contributed by atoms with van der Waals surface area (Å²) in [7, 11) is 0. The summed E-state index contributed by atoms with van der Waals surface area (Å²) in [4.78, 5) is 78.2. The van der Waals surface area contributed by atoms with Crippen molar-refractivity contribution in [2.75, 3.05) is 6.54 Å². The molecule has 2 fully saturated rings. The van der Waals surface area contributed by atoms with Crippen LogP contribution in [0, 0.1) is 22.7 Å². The van der Waals surface area contributed by atoms with Crippen LogP contribution in [0.4, 0.5) is 4.79 Å². The highest BCUT2D eigenvalue weighted by molar-refractivity contribution is 6.44. The number of rotatable bonds is 12. The van der Waals surface area contributed by atoms with Crippen molar-refractivity contribution in [3.8, 4) is 0 Å². The summed E-state index contributed by atoms with van der Waals surface area (Å²) in [5.41, 5.74) is 3.69. The van der Waals surface area contributed by atoms with Gasteiger partial charge in [-0.15, -0.1) is 23.2 Å². The molecule has 1 saturated carbocycles.